The number of carbonyl (C=O) groups is 1. The van der Waals surface area contributed by atoms with Gasteiger partial charge in [-0.3, -0.25) is 4.79 Å². The van der Waals surface area contributed by atoms with Crippen LogP contribution in [0.4, 0.5) is 0 Å². The first-order valence-electron chi connectivity index (χ1n) is 7.73. The van der Waals surface area contributed by atoms with E-state index in [9.17, 15) is 4.79 Å². The number of carbonyl (C=O) groups excluding carboxylic acids is 1. The third kappa shape index (κ3) is 5.35. The Bertz CT molecular complexity index is 662. The van der Waals surface area contributed by atoms with Crippen molar-refractivity contribution in [1.82, 2.24) is 15.5 Å². The van der Waals surface area contributed by atoms with Crippen molar-refractivity contribution in [3.05, 3.63) is 41.3 Å². The number of benzene rings is 1. The zero-order valence-corrected chi connectivity index (χ0v) is 15.3. The van der Waals surface area contributed by atoms with E-state index in [1.807, 2.05) is 24.3 Å². The monoisotopic (exact) mass is 349 g/mol. The van der Waals surface area contributed by atoms with Gasteiger partial charge in [-0.05, 0) is 23.1 Å². The number of rotatable bonds is 7. The Morgan fingerprint density at radius 1 is 1.25 bits per heavy atom. The molecule has 1 aromatic carbocycles. The van der Waals surface area contributed by atoms with Gasteiger partial charge in [-0.2, -0.15) is 0 Å². The molecule has 0 bridgehead atoms. The number of amides is 1. The van der Waals surface area contributed by atoms with Gasteiger partial charge in [0.25, 0.3) is 11.1 Å². The highest BCUT2D eigenvalue weighted by molar-refractivity contribution is 7.99. The number of methoxy groups -OCH3 is 1. The summed E-state index contributed by atoms with van der Waals surface area (Å²) in [5, 5.41) is 11.1. The van der Waals surface area contributed by atoms with Crippen molar-refractivity contribution in [3.63, 3.8) is 0 Å². The summed E-state index contributed by atoms with van der Waals surface area (Å²) in [5.74, 6) is 0.960. The first kappa shape index (κ1) is 18.5. The summed E-state index contributed by atoms with van der Waals surface area (Å²) in [4.78, 5) is 12.2. The lowest BCUT2D eigenvalue weighted by atomic mass is 9.87. The molecular weight excluding hydrogens is 326 g/mol. The molecule has 0 atom stereocenters. The average molecular weight is 349 g/mol. The van der Waals surface area contributed by atoms with Crippen LogP contribution >= 0.6 is 11.8 Å². The third-order valence-corrected chi connectivity index (χ3v) is 4.16. The summed E-state index contributed by atoms with van der Waals surface area (Å²) < 4.78 is 10.4. The zero-order valence-electron chi connectivity index (χ0n) is 14.5. The fourth-order valence-electron chi connectivity index (χ4n) is 1.96. The normalized spacial score (nSPS) is 11.5. The number of nitrogens with one attached hydrogen (secondary N) is 1. The lowest BCUT2D eigenvalue weighted by molar-refractivity contribution is 0.0946. The highest BCUT2D eigenvalue weighted by atomic mass is 32.2. The molecule has 7 heteroatoms. The van der Waals surface area contributed by atoms with Crippen LogP contribution in [0.1, 0.15) is 42.6 Å². The Kier molecular flexibility index (Phi) is 6.39. The third-order valence-electron chi connectivity index (χ3n) is 3.37. The van der Waals surface area contributed by atoms with E-state index in [2.05, 4.69) is 36.3 Å². The molecule has 24 heavy (non-hydrogen) atoms. The number of aromatic nitrogens is 2. The molecule has 1 aromatic heterocycles. The van der Waals surface area contributed by atoms with Crippen molar-refractivity contribution in [2.75, 3.05) is 19.5 Å². The first-order chi connectivity index (χ1) is 11.4. The average Bonchev–Trinajstić information content (AvgIpc) is 3.00. The van der Waals surface area contributed by atoms with Crippen molar-refractivity contribution < 1.29 is 13.9 Å². The minimum atomic E-state index is -0.165. The highest BCUT2D eigenvalue weighted by Crippen LogP contribution is 2.22. The summed E-state index contributed by atoms with van der Waals surface area (Å²) in [5.41, 5.74) is 1.86. The van der Waals surface area contributed by atoms with Gasteiger partial charge in [0.15, 0.2) is 0 Å². The number of hydrogen-bond donors (Lipinski definition) is 1. The van der Waals surface area contributed by atoms with E-state index in [1.165, 1.54) is 17.3 Å². The van der Waals surface area contributed by atoms with Crippen LogP contribution in [0.25, 0.3) is 0 Å². The van der Waals surface area contributed by atoms with E-state index in [-0.39, 0.29) is 17.9 Å². The predicted octanol–water partition coefficient (Wildman–Crippen LogP) is 3.04. The Labute approximate surface area is 146 Å². The van der Waals surface area contributed by atoms with Gasteiger partial charge >= 0.3 is 0 Å². The molecule has 1 amide bonds. The van der Waals surface area contributed by atoms with Gasteiger partial charge in [0.1, 0.15) is 0 Å². The molecule has 0 saturated carbocycles. The molecule has 0 unspecified atom stereocenters. The molecule has 0 fully saturated rings. The summed E-state index contributed by atoms with van der Waals surface area (Å²) in [7, 11) is 1.64. The van der Waals surface area contributed by atoms with E-state index in [0.717, 1.165) is 5.75 Å². The molecule has 0 radical (unpaired) electrons. The van der Waals surface area contributed by atoms with Crippen LogP contribution in [0.2, 0.25) is 0 Å². The number of ether oxygens (including phenoxy) is 1. The standard InChI is InChI=1S/C17H23N3O3S/c1-17(2,3)13-7-5-12(6-8-13)15(21)18-11-14-19-20-16(23-14)24-10-9-22-4/h5-8H,9-11H2,1-4H3,(H,18,21). The lowest BCUT2D eigenvalue weighted by Gasteiger charge is -2.18. The van der Waals surface area contributed by atoms with Crippen LogP contribution in [-0.4, -0.2) is 35.6 Å². The molecule has 1 N–H and O–H groups in total. The smallest absolute Gasteiger partial charge is 0.276 e. The van der Waals surface area contributed by atoms with E-state index >= 15 is 0 Å². The predicted molar refractivity (Wildman–Crippen MR) is 93.2 cm³/mol. The number of hydrogen-bond acceptors (Lipinski definition) is 6. The molecule has 130 valence electrons. The fraction of sp³-hybridized carbons (Fsp3) is 0.471. The summed E-state index contributed by atoms with van der Waals surface area (Å²) >= 11 is 1.42. The molecule has 0 aliphatic carbocycles. The van der Waals surface area contributed by atoms with E-state index in [4.69, 9.17) is 9.15 Å². The largest absolute Gasteiger partial charge is 0.414 e. The molecule has 0 aliphatic rings. The molecule has 0 saturated heterocycles. The molecule has 2 aromatic rings. The quantitative estimate of drug-likeness (QED) is 0.611. The topological polar surface area (TPSA) is 77.3 Å². The van der Waals surface area contributed by atoms with E-state index in [1.54, 1.807) is 7.11 Å². The Hall–Kier alpha value is -1.86. The van der Waals surface area contributed by atoms with Gasteiger partial charge in [-0.1, -0.05) is 44.7 Å². The SMILES string of the molecule is COCCSc1nnc(CNC(=O)c2ccc(C(C)(C)C)cc2)o1. The summed E-state index contributed by atoms with van der Waals surface area (Å²) in [6.45, 7) is 7.24. The minimum absolute atomic E-state index is 0.0651. The minimum Gasteiger partial charge on any atom is -0.414 e. The van der Waals surface area contributed by atoms with Gasteiger partial charge in [-0.15, -0.1) is 10.2 Å². The Morgan fingerprint density at radius 3 is 2.58 bits per heavy atom. The molecular formula is C17H23N3O3S. The van der Waals surface area contributed by atoms with Crippen LogP contribution in [0.3, 0.4) is 0 Å². The van der Waals surface area contributed by atoms with Crippen LogP contribution in [0.5, 0.6) is 0 Å². The second kappa shape index (κ2) is 8.30. The van der Waals surface area contributed by atoms with Crippen molar-refractivity contribution in [3.8, 4) is 0 Å². The van der Waals surface area contributed by atoms with Crippen molar-refractivity contribution >= 4 is 17.7 Å². The van der Waals surface area contributed by atoms with E-state index in [0.29, 0.717) is 23.3 Å². The highest BCUT2D eigenvalue weighted by Gasteiger charge is 2.14. The maximum atomic E-state index is 12.2. The maximum absolute atomic E-state index is 12.2. The number of thioether (sulfide) groups is 1. The van der Waals surface area contributed by atoms with Gasteiger partial charge in [0.2, 0.25) is 5.89 Å². The molecule has 0 spiro atoms. The van der Waals surface area contributed by atoms with Crippen LogP contribution in [0, 0.1) is 0 Å². The van der Waals surface area contributed by atoms with Crippen molar-refractivity contribution in [1.29, 1.82) is 0 Å². The second-order valence-corrected chi connectivity index (χ2v) is 7.36. The molecule has 1 heterocycles. The summed E-state index contributed by atoms with van der Waals surface area (Å²) in [6.07, 6.45) is 0. The van der Waals surface area contributed by atoms with Crippen molar-refractivity contribution in [2.24, 2.45) is 0 Å². The van der Waals surface area contributed by atoms with Crippen LogP contribution in [0.15, 0.2) is 33.9 Å². The Balaban J connectivity index is 1.86. The second-order valence-electron chi connectivity index (χ2n) is 6.31. The van der Waals surface area contributed by atoms with Crippen LogP contribution in [-0.2, 0) is 16.7 Å². The summed E-state index contributed by atoms with van der Waals surface area (Å²) in [6, 6.07) is 7.61. The number of nitrogens with zero attached hydrogens (tertiary/aromatic N) is 2. The molecule has 2 rings (SSSR count). The lowest BCUT2D eigenvalue weighted by Crippen LogP contribution is -2.23. The van der Waals surface area contributed by atoms with Crippen molar-refractivity contribution in [2.45, 2.75) is 38.0 Å². The molecule has 0 aliphatic heterocycles. The van der Waals surface area contributed by atoms with Crippen LogP contribution < -0.4 is 5.32 Å². The van der Waals surface area contributed by atoms with Gasteiger partial charge in [0, 0.05) is 18.4 Å². The molecule has 6 nitrogen and oxygen atoms in total. The first-order valence-corrected chi connectivity index (χ1v) is 8.71. The van der Waals surface area contributed by atoms with E-state index < -0.39 is 0 Å². The van der Waals surface area contributed by atoms with Gasteiger partial charge in [-0.25, -0.2) is 0 Å². The maximum Gasteiger partial charge on any atom is 0.276 e. The Morgan fingerprint density at radius 2 is 1.96 bits per heavy atom. The van der Waals surface area contributed by atoms with Gasteiger partial charge < -0.3 is 14.5 Å². The van der Waals surface area contributed by atoms with Gasteiger partial charge in [0.05, 0.1) is 13.2 Å². The fourth-order valence-corrected chi connectivity index (χ4v) is 2.64. The zero-order chi connectivity index (χ0) is 17.6.